The Hall–Kier alpha value is -2.52. The number of rotatable bonds is 1. The van der Waals surface area contributed by atoms with Gasteiger partial charge >= 0.3 is 11.7 Å². The van der Waals surface area contributed by atoms with Gasteiger partial charge in [0.25, 0.3) is 5.69 Å². The first-order valence-corrected chi connectivity index (χ1v) is 11.0. The minimum absolute atomic E-state index is 0. The van der Waals surface area contributed by atoms with Gasteiger partial charge in [0.05, 0.1) is 11.5 Å². The molecule has 0 saturated heterocycles. The fourth-order valence-electron chi connectivity index (χ4n) is 4.63. The summed E-state index contributed by atoms with van der Waals surface area (Å²) in [6.07, 6.45) is 3.53. The van der Waals surface area contributed by atoms with Crippen molar-refractivity contribution < 1.29 is 39.3 Å². The average Bonchev–Trinajstić information content (AvgIpc) is 3.03. The fourth-order valence-corrected chi connectivity index (χ4v) is 4.63. The minimum Gasteiger partial charge on any atom is -0.512 e. The number of aliphatic hydroxyl groups is 1. The Morgan fingerprint density at radius 1 is 1.15 bits per heavy atom. The molecule has 2 aromatic rings. The van der Waals surface area contributed by atoms with Gasteiger partial charge in [-0.1, -0.05) is 60.8 Å². The first kappa shape index (κ1) is 25.1. The summed E-state index contributed by atoms with van der Waals surface area (Å²) in [5.74, 6) is 1.72. The standard InChI is InChI=1S/C22H23N2O.C5H8O2.Ir/c1-21(2)9-10-22(3,4)15-12-19-17(11-14(15)21)24-13-23(5)16-7-6-8-18(25-19)20(16)24;1-4(6)3-5(2)7;/h6-8,12H,9-10H2,1-5H3;3,6H,1-2H3;/q+1;;/b;4-3-;. The van der Waals surface area contributed by atoms with Crippen molar-refractivity contribution in [2.75, 3.05) is 7.05 Å². The number of nitrogens with zero attached hydrogens (tertiary/aromatic N) is 2. The van der Waals surface area contributed by atoms with E-state index in [1.165, 1.54) is 43.9 Å². The van der Waals surface area contributed by atoms with E-state index < -0.39 is 0 Å². The summed E-state index contributed by atoms with van der Waals surface area (Å²) in [4.78, 5) is 10.0. The Labute approximate surface area is 209 Å². The maximum Gasteiger partial charge on any atom is 0.494 e. The molecule has 0 amide bonds. The van der Waals surface area contributed by atoms with Crippen LogP contribution in [0, 0.1) is 6.07 Å². The number of benzene rings is 2. The van der Waals surface area contributed by atoms with Gasteiger partial charge in [0.1, 0.15) is 0 Å². The molecular formula is C27H31IrN2O3+. The van der Waals surface area contributed by atoms with Gasteiger partial charge in [-0.25, -0.2) is 0 Å². The molecule has 0 spiro atoms. The second-order valence-electron chi connectivity index (χ2n) is 10.2. The molecule has 0 atom stereocenters. The predicted molar refractivity (Wildman–Crippen MR) is 126 cm³/mol. The number of fused-ring (bicyclic) bond motifs is 3. The maximum atomic E-state index is 10.0. The third kappa shape index (κ3) is 4.48. The van der Waals surface area contributed by atoms with Gasteiger partial charge in [-0.2, -0.15) is 0 Å². The van der Waals surface area contributed by atoms with E-state index in [2.05, 4.69) is 56.5 Å². The number of carbonyl (C=O) groups excluding carboxylic acids is 1. The second kappa shape index (κ2) is 8.68. The Kier molecular flexibility index (Phi) is 6.61. The number of ether oxygens (including phenoxy) is 1. The summed E-state index contributed by atoms with van der Waals surface area (Å²) < 4.78 is 10.4. The van der Waals surface area contributed by atoms with Gasteiger partial charge in [-0.15, -0.1) is 17.2 Å². The van der Waals surface area contributed by atoms with Crippen LogP contribution in [0.1, 0.15) is 65.5 Å². The third-order valence-electron chi connectivity index (χ3n) is 6.47. The van der Waals surface area contributed by atoms with Crippen molar-refractivity contribution in [3.8, 4) is 11.5 Å². The van der Waals surface area contributed by atoms with Crippen molar-refractivity contribution in [2.45, 2.75) is 65.2 Å². The van der Waals surface area contributed by atoms with Crippen LogP contribution in [0.3, 0.4) is 0 Å². The predicted octanol–water partition coefficient (Wildman–Crippen LogP) is 6.27. The number of hydrogen-bond acceptors (Lipinski definition) is 3. The molecule has 0 aromatic heterocycles. The summed E-state index contributed by atoms with van der Waals surface area (Å²) in [6, 6.07) is 15.6. The molecule has 0 unspecified atom stereocenters. The Bertz CT molecular complexity index is 1240. The molecule has 5 nitrogen and oxygen atoms in total. The molecule has 0 fully saturated rings. The van der Waals surface area contributed by atoms with Crippen LogP contribution in [-0.4, -0.2) is 28.5 Å². The van der Waals surface area contributed by atoms with Gasteiger partial charge in [0.15, 0.2) is 24.3 Å². The normalized spacial score (nSPS) is 18.1. The molecule has 2 heterocycles. The SMILES string of the molecule is CC(=O)/C=C(/C)O.C[N+]1=C=[N+]2c3[c-]c4c(cc3Oc3cccc1c32)C(C)(C)CCC4(C)C.[Ir]. The third-order valence-corrected chi connectivity index (χ3v) is 6.47. The van der Waals surface area contributed by atoms with Crippen LogP contribution in [-0.2, 0) is 35.7 Å². The molecule has 2 aliphatic heterocycles. The van der Waals surface area contributed by atoms with Crippen molar-refractivity contribution >= 4 is 28.9 Å². The van der Waals surface area contributed by atoms with E-state index in [9.17, 15) is 4.79 Å². The average molecular weight is 624 g/mol. The minimum atomic E-state index is -0.125. The molecule has 2 aromatic carbocycles. The van der Waals surface area contributed by atoms with Gasteiger partial charge in [0.2, 0.25) is 0 Å². The number of carbonyl (C=O) groups is 1. The van der Waals surface area contributed by atoms with E-state index in [4.69, 9.17) is 9.84 Å². The molecule has 3 aliphatic rings. The first-order valence-electron chi connectivity index (χ1n) is 11.0. The smallest absolute Gasteiger partial charge is 0.494 e. The largest absolute Gasteiger partial charge is 0.512 e. The number of hydrogen-bond donors (Lipinski definition) is 1. The zero-order valence-electron chi connectivity index (χ0n) is 20.3. The van der Waals surface area contributed by atoms with Gasteiger partial charge in [-0.05, 0) is 31.7 Å². The Morgan fingerprint density at radius 3 is 2.42 bits per heavy atom. The molecule has 0 saturated carbocycles. The molecule has 1 radical (unpaired) electrons. The van der Waals surface area contributed by atoms with Crippen molar-refractivity contribution in [1.29, 1.82) is 0 Å². The van der Waals surface area contributed by atoms with Crippen molar-refractivity contribution in [3.63, 3.8) is 0 Å². The quantitative estimate of drug-likeness (QED) is 0.151. The van der Waals surface area contributed by atoms with Crippen LogP contribution >= 0.6 is 0 Å². The Balaban J connectivity index is 0.000000337. The van der Waals surface area contributed by atoms with E-state index in [0.717, 1.165) is 28.6 Å². The monoisotopic (exact) mass is 624 g/mol. The zero-order chi connectivity index (χ0) is 23.4. The maximum absolute atomic E-state index is 10.0. The van der Waals surface area contributed by atoms with Crippen LogP contribution in [0.25, 0.3) is 0 Å². The van der Waals surface area contributed by atoms with Crippen LogP contribution in [0.4, 0.5) is 17.1 Å². The van der Waals surface area contributed by atoms with Gasteiger partial charge in [0, 0.05) is 32.2 Å². The van der Waals surface area contributed by atoms with Crippen LogP contribution in [0.5, 0.6) is 11.5 Å². The van der Waals surface area contributed by atoms with E-state index in [1.54, 1.807) is 0 Å². The van der Waals surface area contributed by atoms with Crippen LogP contribution in [0.2, 0.25) is 0 Å². The zero-order valence-corrected chi connectivity index (χ0v) is 22.7. The van der Waals surface area contributed by atoms with E-state index in [-0.39, 0.29) is 42.5 Å². The van der Waals surface area contributed by atoms with Crippen LogP contribution < -0.4 is 9.31 Å². The number of allylic oxidation sites excluding steroid dienone is 2. The summed E-state index contributed by atoms with van der Waals surface area (Å²) in [7, 11) is 2.03. The topological polar surface area (TPSA) is 52.5 Å². The molecule has 33 heavy (non-hydrogen) atoms. The van der Waals surface area contributed by atoms with E-state index in [1.807, 2.05) is 23.8 Å². The second-order valence-corrected chi connectivity index (χ2v) is 10.2. The number of ketones is 1. The summed E-state index contributed by atoms with van der Waals surface area (Å²) in [6.45, 7) is 12.2. The van der Waals surface area contributed by atoms with Crippen molar-refractivity contribution in [2.24, 2.45) is 0 Å². The number of aliphatic hydroxyl groups excluding tert-OH is 1. The van der Waals surface area contributed by atoms with Gasteiger partial charge < -0.3 is 9.84 Å². The molecule has 0 bridgehead atoms. The molecule has 175 valence electrons. The molecule has 5 rings (SSSR count). The van der Waals surface area contributed by atoms with Crippen molar-refractivity contribution in [3.05, 3.63) is 53.3 Å². The molecular weight excluding hydrogens is 593 g/mol. The summed E-state index contributed by atoms with van der Waals surface area (Å²) in [5.41, 5.74) is 6.14. The first-order chi connectivity index (χ1) is 14.9. The van der Waals surface area contributed by atoms with Crippen molar-refractivity contribution in [1.82, 2.24) is 4.58 Å². The van der Waals surface area contributed by atoms with E-state index in [0.29, 0.717) is 0 Å². The fraction of sp³-hybridized carbons (Fsp3) is 0.407. The van der Waals surface area contributed by atoms with Gasteiger partial charge in [-0.3, -0.25) is 4.79 Å². The molecule has 1 N–H and O–H groups in total. The molecule has 6 heteroatoms. The van der Waals surface area contributed by atoms with E-state index >= 15 is 0 Å². The van der Waals surface area contributed by atoms with Crippen LogP contribution in [0.15, 0.2) is 36.1 Å². The summed E-state index contributed by atoms with van der Waals surface area (Å²) in [5, 5.41) is 8.36. The molecule has 1 aliphatic carbocycles. The summed E-state index contributed by atoms with van der Waals surface area (Å²) >= 11 is 0. The Morgan fingerprint density at radius 2 is 1.82 bits per heavy atom. The number of para-hydroxylation sites is 1.